The molecule has 0 atom stereocenters. The maximum absolute atomic E-state index is 13.1. The Hall–Kier alpha value is -1.77. The molecule has 4 heteroatoms. The number of hydrogen-bond donors (Lipinski definition) is 0. The highest BCUT2D eigenvalue weighted by atomic mass is 35.5. The summed E-state index contributed by atoms with van der Waals surface area (Å²) in [5, 5.41) is 2.31. The lowest BCUT2D eigenvalue weighted by atomic mass is 9.84. The van der Waals surface area contributed by atoms with Gasteiger partial charge in [0.25, 0.3) is 0 Å². The van der Waals surface area contributed by atoms with Gasteiger partial charge in [-0.3, -0.25) is 4.79 Å². The van der Waals surface area contributed by atoms with E-state index in [1.165, 1.54) is 6.42 Å². The van der Waals surface area contributed by atoms with Crippen molar-refractivity contribution >= 4 is 39.9 Å². The molecule has 0 unspecified atom stereocenters. The second kappa shape index (κ2) is 7.46. The van der Waals surface area contributed by atoms with Crippen LogP contribution in [0.5, 0.6) is 0 Å². The van der Waals surface area contributed by atoms with Crippen LogP contribution in [0.15, 0.2) is 48.7 Å². The van der Waals surface area contributed by atoms with Gasteiger partial charge < -0.3 is 4.57 Å². The van der Waals surface area contributed by atoms with Gasteiger partial charge in [-0.05, 0) is 36.6 Å². The third-order valence-corrected chi connectivity index (χ3v) is 5.97. The van der Waals surface area contributed by atoms with Crippen LogP contribution in [0.3, 0.4) is 0 Å². The van der Waals surface area contributed by atoms with Gasteiger partial charge in [-0.2, -0.15) is 0 Å². The summed E-state index contributed by atoms with van der Waals surface area (Å²) in [6.07, 6.45) is 7.61. The van der Waals surface area contributed by atoms with E-state index in [1.807, 2.05) is 36.5 Å². The Morgan fingerprint density at radius 1 is 1.04 bits per heavy atom. The number of aromatic nitrogens is 1. The highest BCUT2D eigenvalue weighted by molar-refractivity contribution is 6.35. The number of fused-ring (bicyclic) bond motifs is 1. The van der Waals surface area contributed by atoms with Crippen LogP contribution in [0.1, 0.15) is 48.0 Å². The van der Waals surface area contributed by atoms with Crippen molar-refractivity contribution in [3.8, 4) is 0 Å². The zero-order valence-electron chi connectivity index (χ0n) is 14.6. The molecule has 2 aromatic carbocycles. The zero-order valence-corrected chi connectivity index (χ0v) is 16.1. The Bertz CT molecular complexity index is 954. The van der Waals surface area contributed by atoms with E-state index in [0.717, 1.165) is 47.7 Å². The van der Waals surface area contributed by atoms with Crippen LogP contribution in [0, 0.1) is 5.92 Å². The minimum Gasteiger partial charge on any atom is -0.342 e. The van der Waals surface area contributed by atoms with Gasteiger partial charge >= 0.3 is 0 Å². The number of halogens is 2. The van der Waals surface area contributed by atoms with Gasteiger partial charge in [0.05, 0.1) is 0 Å². The second-order valence-corrected chi connectivity index (χ2v) is 7.97. The Morgan fingerprint density at radius 3 is 2.58 bits per heavy atom. The van der Waals surface area contributed by atoms with Crippen molar-refractivity contribution < 1.29 is 4.79 Å². The summed E-state index contributed by atoms with van der Waals surface area (Å²) >= 11 is 12.4. The number of Topliss-reactive ketones (excluding diaryl/α,β-unsaturated/α-hetero) is 1. The van der Waals surface area contributed by atoms with Crippen LogP contribution in [0.4, 0.5) is 0 Å². The van der Waals surface area contributed by atoms with E-state index in [0.29, 0.717) is 22.4 Å². The molecule has 0 saturated heterocycles. The maximum atomic E-state index is 13.1. The van der Waals surface area contributed by atoms with Gasteiger partial charge in [-0.15, -0.1) is 0 Å². The summed E-state index contributed by atoms with van der Waals surface area (Å²) in [5.41, 5.74) is 2.91. The van der Waals surface area contributed by atoms with Gasteiger partial charge in [0.15, 0.2) is 5.78 Å². The molecule has 0 N–H and O–H groups in total. The highest BCUT2D eigenvalue weighted by Crippen LogP contribution is 2.31. The Labute approximate surface area is 163 Å². The molecule has 1 aromatic heterocycles. The van der Waals surface area contributed by atoms with Gasteiger partial charge in [0.2, 0.25) is 0 Å². The molecule has 1 fully saturated rings. The minimum absolute atomic E-state index is 0.169. The van der Waals surface area contributed by atoms with Crippen molar-refractivity contribution in [2.75, 3.05) is 0 Å². The summed E-state index contributed by atoms with van der Waals surface area (Å²) in [4.78, 5) is 13.1. The molecule has 0 spiro atoms. The van der Waals surface area contributed by atoms with E-state index in [1.54, 1.807) is 6.07 Å². The first kappa shape index (κ1) is 17.6. The summed E-state index contributed by atoms with van der Waals surface area (Å²) in [5.74, 6) is 0.462. The molecule has 0 bridgehead atoms. The number of carbonyl (C=O) groups excluding carboxylic acids is 1. The van der Waals surface area contributed by atoms with Gasteiger partial charge in [-0.25, -0.2) is 0 Å². The topological polar surface area (TPSA) is 22.0 Å². The van der Waals surface area contributed by atoms with E-state index >= 15 is 0 Å². The van der Waals surface area contributed by atoms with Crippen LogP contribution in [0.25, 0.3) is 10.9 Å². The number of ketones is 1. The van der Waals surface area contributed by atoms with Gasteiger partial charge in [0, 0.05) is 45.2 Å². The molecule has 0 aliphatic heterocycles. The van der Waals surface area contributed by atoms with Crippen LogP contribution in [0.2, 0.25) is 10.0 Å². The first-order valence-corrected chi connectivity index (χ1v) is 9.95. The number of rotatable bonds is 4. The monoisotopic (exact) mass is 385 g/mol. The molecular weight excluding hydrogens is 365 g/mol. The predicted octanol–water partition coefficient (Wildman–Crippen LogP) is 6.76. The summed E-state index contributed by atoms with van der Waals surface area (Å²) in [6.45, 7) is 0.620. The highest BCUT2D eigenvalue weighted by Gasteiger charge is 2.25. The van der Waals surface area contributed by atoms with Crippen molar-refractivity contribution in [3.05, 3.63) is 69.8 Å². The fourth-order valence-electron chi connectivity index (χ4n) is 3.99. The Balaban J connectivity index is 1.73. The standard InChI is InChI=1S/C22H21Cl2NO/c23-17-11-10-16(20(24)12-17)13-25-14-19(18-8-4-5-9-21(18)25)22(26)15-6-2-1-3-7-15/h4-5,8-12,14-15H,1-3,6-7,13H2. The molecule has 4 rings (SSSR count). The Kier molecular flexibility index (Phi) is 5.06. The van der Waals surface area contributed by atoms with Crippen LogP contribution in [-0.2, 0) is 6.54 Å². The molecule has 26 heavy (non-hydrogen) atoms. The molecular formula is C22H21Cl2NO. The average molecular weight is 386 g/mol. The molecule has 134 valence electrons. The summed E-state index contributed by atoms with van der Waals surface area (Å²) in [6, 6.07) is 13.7. The fraction of sp³-hybridized carbons (Fsp3) is 0.318. The van der Waals surface area contributed by atoms with Crippen LogP contribution < -0.4 is 0 Å². The van der Waals surface area contributed by atoms with Crippen molar-refractivity contribution in [2.24, 2.45) is 5.92 Å². The molecule has 3 aromatic rings. The third-order valence-electron chi connectivity index (χ3n) is 5.39. The lowest BCUT2D eigenvalue weighted by Crippen LogP contribution is -2.17. The first-order valence-electron chi connectivity index (χ1n) is 9.19. The van der Waals surface area contributed by atoms with E-state index < -0.39 is 0 Å². The molecule has 1 saturated carbocycles. The fourth-order valence-corrected chi connectivity index (χ4v) is 4.46. The maximum Gasteiger partial charge on any atom is 0.168 e. The van der Waals surface area contributed by atoms with Gasteiger partial charge in [-0.1, -0.05) is 66.7 Å². The van der Waals surface area contributed by atoms with Crippen LogP contribution in [-0.4, -0.2) is 10.4 Å². The first-order chi connectivity index (χ1) is 12.6. The van der Waals surface area contributed by atoms with Crippen molar-refractivity contribution in [1.82, 2.24) is 4.57 Å². The van der Waals surface area contributed by atoms with Gasteiger partial charge in [0.1, 0.15) is 0 Å². The van der Waals surface area contributed by atoms with E-state index in [2.05, 4.69) is 10.6 Å². The number of hydrogen-bond acceptors (Lipinski definition) is 1. The second-order valence-electron chi connectivity index (χ2n) is 7.12. The number of para-hydroxylation sites is 1. The zero-order chi connectivity index (χ0) is 18.1. The smallest absolute Gasteiger partial charge is 0.168 e. The molecule has 2 nitrogen and oxygen atoms in total. The average Bonchev–Trinajstić information content (AvgIpc) is 3.03. The quantitative estimate of drug-likeness (QED) is 0.454. The van der Waals surface area contributed by atoms with E-state index in [-0.39, 0.29) is 5.92 Å². The number of nitrogens with zero attached hydrogens (tertiary/aromatic N) is 1. The van der Waals surface area contributed by atoms with Crippen molar-refractivity contribution in [1.29, 1.82) is 0 Å². The molecule has 0 radical (unpaired) electrons. The molecule has 1 aliphatic rings. The predicted molar refractivity (Wildman–Crippen MR) is 108 cm³/mol. The number of carbonyl (C=O) groups is 1. The lowest BCUT2D eigenvalue weighted by molar-refractivity contribution is 0.0891. The third kappa shape index (κ3) is 3.41. The minimum atomic E-state index is 0.169. The normalized spacial score (nSPS) is 15.5. The SMILES string of the molecule is O=C(c1cn(Cc2ccc(Cl)cc2Cl)c2ccccc12)C1CCCCC1. The van der Waals surface area contributed by atoms with E-state index in [4.69, 9.17) is 23.2 Å². The Morgan fingerprint density at radius 2 is 1.81 bits per heavy atom. The van der Waals surface area contributed by atoms with Crippen molar-refractivity contribution in [3.63, 3.8) is 0 Å². The van der Waals surface area contributed by atoms with E-state index in [9.17, 15) is 4.79 Å². The molecule has 0 amide bonds. The largest absolute Gasteiger partial charge is 0.342 e. The number of benzene rings is 2. The van der Waals surface area contributed by atoms with Crippen LogP contribution >= 0.6 is 23.2 Å². The lowest BCUT2D eigenvalue weighted by Gasteiger charge is -2.19. The molecule has 1 aliphatic carbocycles. The summed E-state index contributed by atoms with van der Waals surface area (Å²) in [7, 11) is 0. The van der Waals surface area contributed by atoms with Crippen molar-refractivity contribution in [2.45, 2.75) is 38.6 Å². The molecule has 1 heterocycles. The summed E-state index contributed by atoms with van der Waals surface area (Å²) < 4.78 is 2.13.